The topological polar surface area (TPSA) is 215 Å². The molecule has 0 unspecified atom stereocenters. The van der Waals surface area contributed by atoms with E-state index in [2.05, 4.69) is 19.2 Å². The van der Waals surface area contributed by atoms with Gasteiger partial charge in [0.05, 0.1) is 14.2 Å². The number of nitrogens with one attached hydrogen (secondary N) is 1. The number of aryl methyl sites for hydroxylation is 2. The van der Waals surface area contributed by atoms with Crippen LogP contribution in [0, 0.1) is 23.7 Å². The number of carboxylic acid groups (broad SMARTS) is 1. The molecule has 0 spiro atoms. The van der Waals surface area contributed by atoms with Crippen molar-refractivity contribution in [2.24, 2.45) is 23.7 Å². The van der Waals surface area contributed by atoms with Gasteiger partial charge in [0.2, 0.25) is 5.91 Å². The number of ketones is 2. The lowest BCUT2D eigenvalue weighted by Gasteiger charge is -2.35. The Labute approximate surface area is 479 Å². The van der Waals surface area contributed by atoms with Crippen LogP contribution in [0.3, 0.4) is 0 Å². The van der Waals surface area contributed by atoms with Crippen molar-refractivity contribution in [1.29, 1.82) is 0 Å². The van der Waals surface area contributed by atoms with E-state index in [0.29, 0.717) is 76.9 Å². The third-order valence-electron chi connectivity index (χ3n) is 14.0. The molecule has 0 bridgehead atoms. The van der Waals surface area contributed by atoms with Gasteiger partial charge >= 0.3 is 30.1 Å². The summed E-state index contributed by atoms with van der Waals surface area (Å²) in [5.74, 6) is -1.13. The number of carboxylic acids is 1. The smallest absolute Gasteiger partial charge is 0.410 e. The van der Waals surface area contributed by atoms with Crippen LogP contribution in [0.4, 0.5) is 9.59 Å². The molecule has 0 radical (unpaired) electrons. The molecule has 2 heterocycles. The summed E-state index contributed by atoms with van der Waals surface area (Å²) in [6.45, 7) is 13.6. The van der Waals surface area contributed by atoms with E-state index in [1.165, 1.54) is 34.5 Å². The van der Waals surface area contributed by atoms with Gasteiger partial charge in [0.25, 0.3) is 0 Å². The van der Waals surface area contributed by atoms with Gasteiger partial charge in [-0.15, -0.1) is 0 Å². The third kappa shape index (κ3) is 23.7. The number of benzene rings is 4. The summed E-state index contributed by atoms with van der Waals surface area (Å²) in [4.78, 5) is 104. The Kier molecular flexibility index (Phi) is 28.9. The highest BCUT2D eigenvalue weighted by molar-refractivity contribution is 5.91. The van der Waals surface area contributed by atoms with Crippen molar-refractivity contribution < 1.29 is 62.4 Å². The second-order valence-electron chi connectivity index (χ2n) is 21.8. The molecule has 2 N–H and O–H groups in total. The third-order valence-corrected chi connectivity index (χ3v) is 14.0. The molecule has 17 heteroatoms. The summed E-state index contributed by atoms with van der Waals surface area (Å²) < 4.78 is 20.6. The molecule has 0 aliphatic carbocycles. The van der Waals surface area contributed by atoms with Gasteiger partial charge in [-0.3, -0.25) is 29.0 Å². The van der Waals surface area contributed by atoms with E-state index in [-0.39, 0.29) is 73.4 Å². The molecule has 2 aliphatic rings. The number of likely N-dealkylation sites (tertiary alicyclic amines) is 2. The Bertz CT molecular complexity index is 2570. The maximum absolute atomic E-state index is 14.1. The van der Waals surface area contributed by atoms with Crippen LogP contribution in [-0.4, -0.2) is 132 Å². The van der Waals surface area contributed by atoms with E-state index in [1.807, 2.05) is 149 Å². The van der Waals surface area contributed by atoms with Crippen LogP contribution in [0.15, 0.2) is 121 Å². The number of methoxy groups -OCH3 is 2. The van der Waals surface area contributed by atoms with E-state index in [9.17, 15) is 38.4 Å². The zero-order valence-corrected chi connectivity index (χ0v) is 48.7. The number of aliphatic carboxylic acids is 1. The first-order valence-corrected chi connectivity index (χ1v) is 28.3. The van der Waals surface area contributed by atoms with Crippen LogP contribution in [0.25, 0.3) is 0 Å². The van der Waals surface area contributed by atoms with Crippen LogP contribution in [-0.2, 0) is 73.8 Å². The van der Waals surface area contributed by atoms with Gasteiger partial charge in [0, 0.05) is 51.9 Å². The first-order chi connectivity index (χ1) is 38.8. The highest BCUT2D eigenvalue weighted by Crippen LogP contribution is 2.28. The maximum atomic E-state index is 14.1. The van der Waals surface area contributed by atoms with Crippen molar-refractivity contribution in [2.45, 2.75) is 143 Å². The van der Waals surface area contributed by atoms with Crippen molar-refractivity contribution in [3.8, 4) is 0 Å². The second-order valence-corrected chi connectivity index (χ2v) is 21.8. The number of hydrogen-bond donors (Lipinski definition) is 2. The summed E-state index contributed by atoms with van der Waals surface area (Å²) in [6, 6.07) is 35.7. The molecule has 81 heavy (non-hydrogen) atoms. The van der Waals surface area contributed by atoms with Gasteiger partial charge in [-0.05, 0) is 84.5 Å². The van der Waals surface area contributed by atoms with Gasteiger partial charge < -0.3 is 34.3 Å². The second kappa shape index (κ2) is 35.4. The first kappa shape index (κ1) is 66.1. The Hall–Kier alpha value is -7.40. The Morgan fingerprint density at radius 3 is 1.38 bits per heavy atom. The zero-order valence-electron chi connectivity index (χ0n) is 48.7. The highest BCUT2D eigenvalue weighted by atomic mass is 16.6. The minimum Gasteiger partial charge on any atom is -0.480 e. The number of rotatable bonds is 26. The van der Waals surface area contributed by atoms with E-state index in [1.54, 1.807) is 0 Å². The fourth-order valence-electron chi connectivity index (χ4n) is 9.73. The number of esters is 2. The fourth-order valence-corrected chi connectivity index (χ4v) is 9.73. The van der Waals surface area contributed by atoms with E-state index >= 15 is 0 Å². The molecular formula is C64H86N4O13. The van der Waals surface area contributed by atoms with Crippen molar-refractivity contribution in [3.63, 3.8) is 0 Å². The normalized spacial score (nSPS) is 17.1. The number of nitrogens with zero attached hydrogens (tertiary/aromatic N) is 3. The number of Topliss-reactive ketones (excluding diaryl/α,β-unsaturated/α-hetero) is 2. The van der Waals surface area contributed by atoms with E-state index < -0.39 is 42.3 Å². The molecule has 2 fully saturated rings. The van der Waals surface area contributed by atoms with Gasteiger partial charge in [-0.25, -0.2) is 19.2 Å². The summed E-state index contributed by atoms with van der Waals surface area (Å²) in [6.07, 6.45) is 3.74. The lowest BCUT2D eigenvalue weighted by atomic mass is 9.99. The molecule has 6 rings (SSSR count). The highest BCUT2D eigenvalue weighted by Gasteiger charge is 2.44. The SMILES string of the molecule is COC(=O)[C@@H](CC(C)C)N(CCC(=O)CCc1ccccc1)C(=O)[C@@H]1C[C@@H](C)CN1C(=O)OCc1ccccc1.COC(=O)[C@@H](CC(C)C)NCCC(=O)CCc1ccccc1.C[C@@H]1C[C@@H](C(=O)O)N(C(=O)OCc2ccccc2)C1. The lowest BCUT2D eigenvalue weighted by Crippen LogP contribution is -2.54. The zero-order chi connectivity index (χ0) is 59.3. The van der Waals surface area contributed by atoms with Crippen LogP contribution >= 0.6 is 0 Å². The van der Waals surface area contributed by atoms with Gasteiger partial charge in [0.15, 0.2) is 0 Å². The standard InChI is InChI=1S/C32H42N2O6.C18H27NO3.C14H17NO4/c1-23(2)19-29(31(37)39-4)33(18-17-27(35)16-15-25-11-7-5-8-12-25)30(36)28-20-24(3)21-34(28)32(38)40-22-26-13-9-6-10-14-26;1-14(2)13-17(18(21)22-3)19-12-11-16(20)10-9-15-7-5-4-6-8-15;1-10-7-12(13(16)17)15(8-10)14(18)19-9-11-5-3-2-4-6-11/h5-14,23-24,28-29H,15-22H2,1-4H3;4-8,14,17,19H,9-13H2,1-3H3;2-6,10,12H,7-9H2,1H3,(H,16,17)/t24-,28+,29-;17-;10-,12+/m111/s1. The largest absolute Gasteiger partial charge is 0.480 e. The molecule has 4 aromatic rings. The quantitative estimate of drug-likeness (QED) is 0.0442. The van der Waals surface area contributed by atoms with Crippen molar-refractivity contribution in [2.75, 3.05) is 40.4 Å². The minimum absolute atomic E-state index is 0.00809. The van der Waals surface area contributed by atoms with Gasteiger partial charge in [-0.2, -0.15) is 0 Å². The predicted molar refractivity (Wildman–Crippen MR) is 308 cm³/mol. The Balaban J connectivity index is 0.000000289. The molecule has 0 aromatic heterocycles. The van der Waals surface area contributed by atoms with Crippen molar-refractivity contribution >= 4 is 47.6 Å². The summed E-state index contributed by atoms with van der Waals surface area (Å²) >= 11 is 0. The summed E-state index contributed by atoms with van der Waals surface area (Å²) in [5, 5.41) is 12.2. The summed E-state index contributed by atoms with van der Waals surface area (Å²) in [7, 11) is 2.69. The summed E-state index contributed by atoms with van der Waals surface area (Å²) in [5.41, 5.74) is 3.98. The van der Waals surface area contributed by atoms with Gasteiger partial charge in [0.1, 0.15) is 48.9 Å². The lowest BCUT2D eigenvalue weighted by molar-refractivity contribution is -0.155. The van der Waals surface area contributed by atoms with Crippen LogP contribution in [0.1, 0.15) is 115 Å². The molecule has 440 valence electrons. The van der Waals surface area contributed by atoms with Crippen molar-refractivity contribution in [1.82, 2.24) is 20.0 Å². The minimum atomic E-state index is -0.971. The van der Waals surface area contributed by atoms with Crippen LogP contribution in [0.2, 0.25) is 0 Å². The molecule has 17 nitrogen and oxygen atoms in total. The first-order valence-electron chi connectivity index (χ1n) is 28.3. The Morgan fingerprint density at radius 1 is 0.556 bits per heavy atom. The average Bonchev–Trinajstić information content (AvgIpc) is 4.18. The predicted octanol–water partition coefficient (Wildman–Crippen LogP) is 9.92. The van der Waals surface area contributed by atoms with Crippen LogP contribution in [0.5, 0.6) is 0 Å². The van der Waals surface area contributed by atoms with E-state index in [0.717, 1.165) is 23.1 Å². The van der Waals surface area contributed by atoms with E-state index in [4.69, 9.17) is 24.1 Å². The number of carbonyl (C=O) groups excluding carboxylic acids is 7. The van der Waals surface area contributed by atoms with Gasteiger partial charge in [-0.1, -0.05) is 163 Å². The number of amides is 3. The molecule has 0 saturated carbocycles. The fraction of sp³-hybridized carbons (Fsp3) is 0.500. The van der Waals surface area contributed by atoms with Crippen LogP contribution < -0.4 is 5.32 Å². The average molecular weight is 1120 g/mol. The maximum Gasteiger partial charge on any atom is 0.410 e. The Morgan fingerprint density at radius 2 is 0.963 bits per heavy atom. The molecule has 2 saturated heterocycles. The molecule has 2 aliphatic heterocycles. The molecule has 3 amide bonds. The molecular weight excluding hydrogens is 1030 g/mol. The number of carbonyl (C=O) groups is 8. The molecule has 4 aromatic carbocycles. The molecule has 6 atom stereocenters. The number of hydrogen-bond acceptors (Lipinski definition) is 13. The monoisotopic (exact) mass is 1120 g/mol. The number of ether oxygens (including phenoxy) is 4. The van der Waals surface area contributed by atoms with Crippen molar-refractivity contribution in [3.05, 3.63) is 144 Å².